The van der Waals surface area contributed by atoms with Crippen molar-refractivity contribution in [3.8, 4) is 0 Å². The van der Waals surface area contributed by atoms with Gasteiger partial charge in [0.1, 0.15) is 5.01 Å². The highest BCUT2D eigenvalue weighted by molar-refractivity contribution is 7.11. The van der Waals surface area contributed by atoms with Crippen molar-refractivity contribution in [2.75, 3.05) is 6.54 Å². The monoisotopic (exact) mass is 292 g/mol. The first-order chi connectivity index (χ1) is 9.59. The van der Waals surface area contributed by atoms with E-state index < -0.39 is 0 Å². The molecular weight excluding hydrogens is 264 g/mol. The SMILES string of the molecule is CCNC1(c2nc3c(s2)CCCC3)CCCCC1(C)C. The first kappa shape index (κ1) is 14.5. The predicted octanol–water partition coefficient (Wildman–Crippen LogP) is 4.43. The van der Waals surface area contributed by atoms with Crippen LogP contribution in [-0.4, -0.2) is 11.5 Å². The van der Waals surface area contributed by atoms with Crippen LogP contribution in [0.1, 0.15) is 74.9 Å². The van der Waals surface area contributed by atoms with Crippen molar-refractivity contribution >= 4 is 11.3 Å². The van der Waals surface area contributed by atoms with E-state index in [4.69, 9.17) is 4.98 Å². The Kier molecular flexibility index (Phi) is 3.93. The second kappa shape index (κ2) is 5.42. The van der Waals surface area contributed by atoms with E-state index >= 15 is 0 Å². The van der Waals surface area contributed by atoms with Gasteiger partial charge in [-0.25, -0.2) is 4.98 Å². The highest BCUT2D eigenvalue weighted by Gasteiger charge is 2.49. The van der Waals surface area contributed by atoms with Gasteiger partial charge in [0.05, 0.1) is 11.2 Å². The fourth-order valence-electron chi connectivity index (χ4n) is 4.14. The molecule has 0 amide bonds. The van der Waals surface area contributed by atoms with E-state index in [0.717, 1.165) is 6.54 Å². The van der Waals surface area contributed by atoms with Crippen LogP contribution in [0.5, 0.6) is 0 Å². The number of rotatable bonds is 3. The number of thiazole rings is 1. The molecular formula is C17H28N2S. The standard InChI is InChI=1S/C17H28N2S/c1-4-18-17(12-8-7-11-16(17,2)3)15-19-13-9-5-6-10-14(13)20-15/h18H,4-12H2,1-3H3. The van der Waals surface area contributed by atoms with Crippen molar-refractivity contribution in [2.24, 2.45) is 5.41 Å². The number of aryl methyl sites for hydroxylation is 2. The molecule has 1 atom stereocenters. The Bertz CT molecular complexity index is 450. The second-order valence-electron chi connectivity index (χ2n) is 7.12. The molecule has 0 spiro atoms. The fourth-order valence-corrected chi connectivity index (χ4v) is 5.67. The minimum absolute atomic E-state index is 0.113. The number of hydrogen-bond acceptors (Lipinski definition) is 3. The lowest BCUT2D eigenvalue weighted by Crippen LogP contribution is -2.55. The molecule has 1 aromatic heterocycles. The molecule has 3 heteroatoms. The van der Waals surface area contributed by atoms with E-state index in [0.29, 0.717) is 5.41 Å². The third-order valence-electron chi connectivity index (χ3n) is 5.45. The molecule has 1 aromatic rings. The Morgan fingerprint density at radius 1 is 1.10 bits per heavy atom. The predicted molar refractivity (Wildman–Crippen MR) is 86.4 cm³/mol. The van der Waals surface area contributed by atoms with E-state index in [9.17, 15) is 0 Å². The lowest BCUT2D eigenvalue weighted by molar-refractivity contribution is 0.0607. The molecule has 1 unspecified atom stereocenters. The summed E-state index contributed by atoms with van der Waals surface area (Å²) in [5, 5.41) is 5.25. The summed E-state index contributed by atoms with van der Waals surface area (Å²) in [6, 6.07) is 0. The van der Waals surface area contributed by atoms with Crippen LogP contribution in [0.2, 0.25) is 0 Å². The number of aromatic nitrogens is 1. The van der Waals surface area contributed by atoms with Gasteiger partial charge >= 0.3 is 0 Å². The molecule has 2 aliphatic rings. The van der Waals surface area contributed by atoms with Gasteiger partial charge in [0.25, 0.3) is 0 Å². The molecule has 0 saturated heterocycles. The van der Waals surface area contributed by atoms with Crippen molar-refractivity contribution in [3.05, 3.63) is 15.6 Å². The number of nitrogens with zero attached hydrogens (tertiary/aromatic N) is 1. The molecule has 1 saturated carbocycles. The Labute approximate surface area is 127 Å². The smallest absolute Gasteiger partial charge is 0.114 e. The second-order valence-corrected chi connectivity index (χ2v) is 8.21. The lowest BCUT2D eigenvalue weighted by Gasteiger charge is -2.49. The molecule has 1 heterocycles. The molecule has 1 N–H and O–H groups in total. The maximum absolute atomic E-state index is 5.12. The van der Waals surface area contributed by atoms with E-state index in [1.807, 2.05) is 11.3 Å². The molecule has 0 aromatic carbocycles. The van der Waals surface area contributed by atoms with Gasteiger partial charge in [0, 0.05) is 4.88 Å². The summed E-state index contributed by atoms with van der Waals surface area (Å²) < 4.78 is 0. The quantitative estimate of drug-likeness (QED) is 0.891. The van der Waals surface area contributed by atoms with Gasteiger partial charge < -0.3 is 5.32 Å². The fraction of sp³-hybridized carbons (Fsp3) is 0.824. The summed E-state index contributed by atoms with van der Waals surface area (Å²) in [4.78, 5) is 6.69. The van der Waals surface area contributed by atoms with Gasteiger partial charge in [-0.1, -0.05) is 33.6 Å². The van der Waals surface area contributed by atoms with Gasteiger partial charge in [-0.2, -0.15) is 0 Å². The van der Waals surface area contributed by atoms with Crippen LogP contribution in [0, 0.1) is 5.41 Å². The molecule has 2 aliphatic carbocycles. The lowest BCUT2D eigenvalue weighted by atomic mass is 9.63. The van der Waals surface area contributed by atoms with Crippen LogP contribution in [0.4, 0.5) is 0 Å². The van der Waals surface area contributed by atoms with Crippen LogP contribution in [0.3, 0.4) is 0 Å². The van der Waals surface area contributed by atoms with Crippen LogP contribution in [-0.2, 0) is 18.4 Å². The molecule has 0 radical (unpaired) electrons. The molecule has 20 heavy (non-hydrogen) atoms. The van der Waals surface area contributed by atoms with Gasteiger partial charge in [-0.15, -0.1) is 11.3 Å². The maximum Gasteiger partial charge on any atom is 0.114 e. The zero-order valence-corrected chi connectivity index (χ0v) is 14.0. The summed E-state index contributed by atoms with van der Waals surface area (Å²) >= 11 is 2.01. The van der Waals surface area contributed by atoms with E-state index in [-0.39, 0.29) is 5.54 Å². The molecule has 112 valence electrons. The van der Waals surface area contributed by atoms with E-state index in [2.05, 4.69) is 26.1 Å². The van der Waals surface area contributed by atoms with Crippen molar-refractivity contribution in [1.82, 2.24) is 10.3 Å². The van der Waals surface area contributed by atoms with Crippen molar-refractivity contribution in [1.29, 1.82) is 0 Å². The van der Waals surface area contributed by atoms with Crippen LogP contribution < -0.4 is 5.32 Å². The number of hydrogen-bond donors (Lipinski definition) is 1. The largest absolute Gasteiger partial charge is 0.305 e. The Hall–Kier alpha value is -0.410. The number of fused-ring (bicyclic) bond motifs is 1. The topological polar surface area (TPSA) is 24.9 Å². The molecule has 1 fully saturated rings. The molecule has 3 rings (SSSR count). The summed E-state index contributed by atoms with van der Waals surface area (Å²) in [5.74, 6) is 0. The third kappa shape index (κ3) is 2.23. The Morgan fingerprint density at radius 2 is 1.85 bits per heavy atom. The van der Waals surface area contributed by atoms with E-state index in [1.165, 1.54) is 62.1 Å². The first-order valence-electron chi connectivity index (χ1n) is 8.33. The van der Waals surface area contributed by atoms with Crippen molar-refractivity contribution < 1.29 is 0 Å². The maximum atomic E-state index is 5.12. The van der Waals surface area contributed by atoms with E-state index in [1.54, 1.807) is 4.88 Å². The van der Waals surface area contributed by atoms with Crippen LogP contribution >= 0.6 is 11.3 Å². The van der Waals surface area contributed by atoms with Crippen molar-refractivity contribution in [2.45, 2.75) is 77.7 Å². The average Bonchev–Trinajstić information content (AvgIpc) is 2.85. The summed E-state index contributed by atoms with van der Waals surface area (Å²) in [6.45, 7) is 8.15. The summed E-state index contributed by atoms with van der Waals surface area (Å²) in [6.07, 6.45) is 10.4. The Balaban J connectivity index is 2.03. The minimum Gasteiger partial charge on any atom is -0.305 e. The zero-order valence-electron chi connectivity index (χ0n) is 13.2. The van der Waals surface area contributed by atoms with Crippen LogP contribution in [0.15, 0.2) is 0 Å². The number of nitrogens with one attached hydrogen (secondary N) is 1. The van der Waals surface area contributed by atoms with Gasteiger partial charge in [-0.05, 0) is 50.5 Å². The Morgan fingerprint density at radius 3 is 2.55 bits per heavy atom. The van der Waals surface area contributed by atoms with Gasteiger partial charge in [0.15, 0.2) is 0 Å². The highest BCUT2D eigenvalue weighted by atomic mass is 32.1. The average molecular weight is 292 g/mol. The molecule has 2 nitrogen and oxygen atoms in total. The van der Waals surface area contributed by atoms with Gasteiger partial charge in [0.2, 0.25) is 0 Å². The van der Waals surface area contributed by atoms with Crippen LogP contribution in [0.25, 0.3) is 0 Å². The first-order valence-corrected chi connectivity index (χ1v) is 9.15. The summed E-state index contributed by atoms with van der Waals surface area (Å²) in [5.41, 5.74) is 1.83. The minimum atomic E-state index is 0.113. The summed E-state index contributed by atoms with van der Waals surface area (Å²) in [7, 11) is 0. The van der Waals surface area contributed by atoms with Crippen molar-refractivity contribution in [3.63, 3.8) is 0 Å². The normalized spacial score (nSPS) is 29.1. The molecule has 0 aliphatic heterocycles. The molecule has 0 bridgehead atoms. The van der Waals surface area contributed by atoms with Gasteiger partial charge in [-0.3, -0.25) is 0 Å². The third-order valence-corrected chi connectivity index (χ3v) is 6.77. The highest BCUT2D eigenvalue weighted by Crippen LogP contribution is 2.51. The zero-order chi connectivity index (χ0) is 14.2.